The highest BCUT2D eigenvalue weighted by Gasteiger charge is 2.17. The van der Waals surface area contributed by atoms with Crippen LogP contribution in [0.15, 0.2) is 10.6 Å². The molecule has 0 unspecified atom stereocenters. The predicted octanol–water partition coefficient (Wildman–Crippen LogP) is 1.63. The third kappa shape index (κ3) is 3.79. The SMILES string of the molecule is CCOC(=O)/C(C)=C(/Cl)C(=O)OCC. The smallest absolute Gasteiger partial charge is 0.350 e. The van der Waals surface area contributed by atoms with E-state index < -0.39 is 11.9 Å². The number of carbonyl (C=O) groups is 2. The summed E-state index contributed by atoms with van der Waals surface area (Å²) in [4.78, 5) is 22.2. The van der Waals surface area contributed by atoms with E-state index in [0.717, 1.165) is 0 Å². The average Bonchev–Trinajstić information content (AvgIpc) is 2.16. The molecule has 0 heterocycles. The van der Waals surface area contributed by atoms with Crippen molar-refractivity contribution in [2.75, 3.05) is 13.2 Å². The fourth-order valence-corrected chi connectivity index (χ4v) is 0.808. The van der Waals surface area contributed by atoms with Crippen LogP contribution in [-0.4, -0.2) is 25.2 Å². The second-order valence-corrected chi connectivity index (χ2v) is 2.76. The van der Waals surface area contributed by atoms with Gasteiger partial charge in [-0.25, -0.2) is 9.59 Å². The summed E-state index contributed by atoms with van der Waals surface area (Å²) in [5, 5.41) is -0.231. The largest absolute Gasteiger partial charge is 0.463 e. The lowest BCUT2D eigenvalue weighted by Crippen LogP contribution is -2.12. The van der Waals surface area contributed by atoms with Crippen LogP contribution in [-0.2, 0) is 19.1 Å². The van der Waals surface area contributed by atoms with E-state index in [2.05, 4.69) is 9.47 Å². The maximum Gasteiger partial charge on any atom is 0.350 e. The molecule has 0 radical (unpaired) electrons. The highest BCUT2D eigenvalue weighted by atomic mass is 35.5. The van der Waals surface area contributed by atoms with Gasteiger partial charge in [-0.3, -0.25) is 0 Å². The molecule has 0 atom stereocenters. The Balaban J connectivity index is 4.57. The lowest BCUT2D eigenvalue weighted by molar-refractivity contribution is -0.141. The van der Waals surface area contributed by atoms with Gasteiger partial charge < -0.3 is 9.47 Å². The number of ether oxygens (including phenoxy) is 2. The van der Waals surface area contributed by atoms with E-state index in [4.69, 9.17) is 11.6 Å². The Kier molecular flexibility index (Phi) is 5.95. The van der Waals surface area contributed by atoms with Crippen LogP contribution in [0.25, 0.3) is 0 Å². The fourth-order valence-electron chi connectivity index (χ4n) is 0.677. The van der Waals surface area contributed by atoms with E-state index in [1.54, 1.807) is 13.8 Å². The van der Waals surface area contributed by atoms with Crippen molar-refractivity contribution in [2.24, 2.45) is 0 Å². The van der Waals surface area contributed by atoms with Crippen LogP contribution in [0.5, 0.6) is 0 Å². The quantitative estimate of drug-likeness (QED) is 0.534. The Bertz CT molecular complexity index is 232. The van der Waals surface area contributed by atoms with Crippen molar-refractivity contribution in [3.8, 4) is 0 Å². The summed E-state index contributed by atoms with van der Waals surface area (Å²) in [6.45, 7) is 5.19. The molecule has 0 bridgehead atoms. The lowest BCUT2D eigenvalue weighted by atomic mass is 10.3. The maximum absolute atomic E-state index is 11.1. The van der Waals surface area contributed by atoms with Crippen LogP contribution >= 0.6 is 11.6 Å². The second-order valence-electron chi connectivity index (χ2n) is 2.38. The zero-order valence-electron chi connectivity index (χ0n) is 8.43. The van der Waals surface area contributed by atoms with Gasteiger partial charge in [-0.1, -0.05) is 11.6 Å². The molecule has 0 spiro atoms. The number of hydrogen-bond donors (Lipinski definition) is 0. The van der Waals surface area contributed by atoms with Crippen LogP contribution in [0.1, 0.15) is 20.8 Å². The second kappa shape index (κ2) is 6.43. The van der Waals surface area contributed by atoms with E-state index in [0.29, 0.717) is 0 Å². The molecule has 0 amide bonds. The minimum atomic E-state index is -0.709. The van der Waals surface area contributed by atoms with Crippen LogP contribution < -0.4 is 0 Å². The van der Waals surface area contributed by atoms with Crippen molar-refractivity contribution in [2.45, 2.75) is 20.8 Å². The van der Waals surface area contributed by atoms with Crippen molar-refractivity contribution in [1.29, 1.82) is 0 Å². The standard InChI is InChI=1S/C9H13ClO4/c1-4-13-8(11)6(3)7(10)9(12)14-5-2/h4-5H2,1-3H3/b7-6+. The van der Waals surface area contributed by atoms with E-state index >= 15 is 0 Å². The molecule has 0 aliphatic rings. The number of carbonyl (C=O) groups excluding carboxylic acids is 2. The number of halogens is 1. The van der Waals surface area contributed by atoms with Crippen LogP contribution in [0.2, 0.25) is 0 Å². The van der Waals surface area contributed by atoms with Crippen molar-refractivity contribution in [3.05, 3.63) is 10.6 Å². The van der Waals surface area contributed by atoms with E-state index in [1.807, 2.05) is 0 Å². The van der Waals surface area contributed by atoms with Crippen LogP contribution in [0.4, 0.5) is 0 Å². The highest BCUT2D eigenvalue weighted by Crippen LogP contribution is 2.12. The van der Waals surface area contributed by atoms with Gasteiger partial charge in [0.25, 0.3) is 0 Å². The topological polar surface area (TPSA) is 52.6 Å². The number of esters is 2. The third-order valence-corrected chi connectivity index (χ3v) is 1.80. The molecular weight excluding hydrogens is 208 g/mol. The van der Waals surface area contributed by atoms with Crippen molar-refractivity contribution in [3.63, 3.8) is 0 Å². The summed E-state index contributed by atoms with van der Waals surface area (Å²) in [5.74, 6) is -1.31. The number of rotatable bonds is 4. The number of hydrogen-bond acceptors (Lipinski definition) is 4. The van der Waals surface area contributed by atoms with Crippen molar-refractivity contribution < 1.29 is 19.1 Å². The average molecular weight is 221 g/mol. The highest BCUT2D eigenvalue weighted by molar-refractivity contribution is 6.43. The molecule has 0 aliphatic heterocycles. The van der Waals surface area contributed by atoms with Crippen LogP contribution in [0.3, 0.4) is 0 Å². The van der Waals surface area contributed by atoms with E-state index in [1.165, 1.54) is 6.92 Å². The van der Waals surface area contributed by atoms with Crippen molar-refractivity contribution >= 4 is 23.5 Å². The van der Waals surface area contributed by atoms with Gasteiger partial charge in [-0.15, -0.1) is 0 Å². The van der Waals surface area contributed by atoms with Crippen molar-refractivity contribution in [1.82, 2.24) is 0 Å². The molecule has 0 aromatic rings. The normalized spacial score (nSPS) is 11.7. The van der Waals surface area contributed by atoms with Gasteiger partial charge in [0, 0.05) is 0 Å². The van der Waals surface area contributed by atoms with E-state index in [9.17, 15) is 9.59 Å². The van der Waals surface area contributed by atoms with Gasteiger partial charge in [0.2, 0.25) is 0 Å². The lowest BCUT2D eigenvalue weighted by Gasteiger charge is -2.04. The Morgan fingerprint density at radius 3 is 1.93 bits per heavy atom. The first-order valence-electron chi connectivity index (χ1n) is 4.25. The van der Waals surface area contributed by atoms with Gasteiger partial charge in [0.1, 0.15) is 5.03 Å². The Morgan fingerprint density at radius 2 is 1.50 bits per heavy atom. The summed E-state index contributed by atoms with van der Waals surface area (Å²) in [6, 6.07) is 0. The monoisotopic (exact) mass is 220 g/mol. The Labute approximate surface area is 87.8 Å². The maximum atomic E-state index is 11.1. The first kappa shape index (κ1) is 13.0. The molecule has 0 rings (SSSR count). The molecule has 0 aromatic carbocycles. The van der Waals surface area contributed by atoms with Gasteiger partial charge in [-0.2, -0.15) is 0 Å². The molecule has 0 aliphatic carbocycles. The Hall–Kier alpha value is -1.03. The predicted molar refractivity (Wildman–Crippen MR) is 51.8 cm³/mol. The summed E-state index contributed by atoms with van der Waals surface area (Å²) < 4.78 is 9.28. The van der Waals surface area contributed by atoms with Gasteiger partial charge in [0.15, 0.2) is 0 Å². The first-order valence-corrected chi connectivity index (χ1v) is 4.63. The fraction of sp³-hybridized carbons (Fsp3) is 0.556. The minimum absolute atomic E-state index is 0.0620. The molecule has 0 saturated carbocycles. The molecule has 0 saturated heterocycles. The Morgan fingerprint density at radius 1 is 1.07 bits per heavy atom. The van der Waals surface area contributed by atoms with Gasteiger partial charge in [0.05, 0.1) is 18.8 Å². The molecular formula is C9H13ClO4. The molecule has 5 heteroatoms. The first-order chi connectivity index (χ1) is 6.54. The molecule has 80 valence electrons. The zero-order valence-corrected chi connectivity index (χ0v) is 9.18. The summed E-state index contributed by atoms with van der Waals surface area (Å²) in [6.07, 6.45) is 0. The minimum Gasteiger partial charge on any atom is -0.463 e. The zero-order chi connectivity index (χ0) is 11.1. The van der Waals surface area contributed by atoms with Gasteiger partial charge in [-0.05, 0) is 20.8 Å². The van der Waals surface area contributed by atoms with E-state index in [-0.39, 0.29) is 23.8 Å². The molecule has 4 nitrogen and oxygen atoms in total. The van der Waals surface area contributed by atoms with Crippen LogP contribution in [0, 0.1) is 0 Å². The molecule has 0 fully saturated rings. The third-order valence-electron chi connectivity index (χ3n) is 1.37. The molecule has 14 heavy (non-hydrogen) atoms. The summed E-state index contributed by atoms with van der Waals surface area (Å²) in [7, 11) is 0. The molecule has 0 aromatic heterocycles. The van der Waals surface area contributed by atoms with Gasteiger partial charge >= 0.3 is 11.9 Å². The molecule has 0 N–H and O–H groups in total. The summed E-state index contributed by atoms with van der Waals surface area (Å²) >= 11 is 5.60. The summed E-state index contributed by atoms with van der Waals surface area (Å²) in [5.41, 5.74) is 0.0620.